The van der Waals surface area contributed by atoms with E-state index in [9.17, 15) is 19.2 Å². The number of amides is 4. The Morgan fingerprint density at radius 2 is 1.36 bits per heavy atom. The fourth-order valence-corrected chi connectivity index (χ4v) is 5.99. The quantitative estimate of drug-likeness (QED) is 0.550. The molecule has 1 saturated heterocycles. The molecule has 2 bridgehead atoms. The van der Waals surface area contributed by atoms with Crippen LogP contribution in [-0.4, -0.2) is 28.6 Å². The highest BCUT2D eigenvalue weighted by atomic mass is 16.2. The number of nitrogens with zero attached hydrogens (tertiary/aromatic N) is 1. The number of nitrogens with one attached hydrogen (secondary N) is 2. The van der Waals surface area contributed by atoms with Gasteiger partial charge in [0.05, 0.1) is 11.8 Å². The van der Waals surface area contributed by atoms with E-state index in [2.05, 4.69) is 22.9 Å². The van der Waals surface area contributed by atoms with E-state index in [1.807, 2.05) is 6.07 Å². The van der Waals surface area contributed by atoms with Gasteiger partial charge in [-0.1, -0.05) is 60.7 Å². The molecule has 33 heavy (non-hydrogen) atoms. The second kappa shape index (κ2) is 7.40. The summed E-state index contributed by atoms with van der Waals surface area (Å²) in [4.78, 5) is 52.5. The molecule has 7 rings (SSSR count). The normalized spacial score (nSPS) is 31.6. The van der Waals surface area contributed by atoms with Gasteiger partial charge in [0.25, 0.3) is 23.6 Å². The molecule has 5 aliphatic rings. The van der Waals surface area contributed by atoms with Crippen molar-refractivity contribution in [3.8, 4) is 0 Å². The second-order valence-corrected chi connectivity index (χ2v) is 9.33. The summed E-state index contributed by atoms with van der Waals surface area (Å²) in [6.45, 7) is 0. The van der Waals surface area contributed by atoms with Crippen molar-refractivity contribution in [3.63, 3.8) is 0 Å². The van der Waals surface area contributed by atoms with Gasteiger partial charge in [-0.05, 0) is 47.8 Å². The van der Waals surface area contributed by atoms with Crippen LogP contribution >= 0.6 is 0 Å². The Bertz CT molecular complexity index is 1140. The Balaban J connectivity index is 1.24. The first-order chi connectivity index (χ1) is 16.0. The highest BCUT2D eigenvalue weighted by molar-refractivity contribution is 6.08. The first-order valence-corrected chi connectivity index (χ1v) is 11.3. The summed E-state index contributed by atoms with van der Waals surface area (Å²) in [5.74, 6) is -1.42. The number of carbonyl (C=O) groups excluding carboxylic acids is 4. The van der Waals surface area contributed by atoms with Crippen LogP contribution < -0.4 is 10.7 Å². The SMILES string of the molecule is O=C(N[C@H](C(=O)NN1C(=O)[C@@H]2[C@H](C1=O)[C@@H]1C=C[C@H]2C2CC21)c1ccccc1)c1ccccc1. The van der Waals surface area contributed by atoms with Gasteiger partial charge in [-0.3, -0.25) is 24.6 Å². The van der Waals surface area contributed by atoms with Gasteiger partial charge in [-0.15, -0.1) is 0 Å². The Morgan fingerprint density at radius 3 is 1.94 bits per heavy atom. The third-order valence-electron chi connectivity index (χ3n) is 7.59. The fraction of sp³-hybridized carbons (Fsp3) is 0.308. The van der Waals surface area contributed by atoms with Crippen LogP contribution in [0, 0.1) is 35.5 Å². The van der Waals surface area contributed by atoms with Crippen molar-refractivity contribution in [1.82, 2.24) is 15.8 Å². The minimum Gasteiger partial charge on any atom is -0.336 e. The van der Waals surface area contributed by atoms with E-state index in [0.717, 1.165) is 11.4 Å². The molecular formula is C26H23N3O4. The predicted octanol–water partition coefficient (Wildman–Crippen LogP) is 2.24. The molecule has 4 aliphatic carbocycles. The summed E-state index contributed by atoms with van der Waals surface area (Å²) in [7, 11) is 0. The number of hydrogen-bond acceptors (Lipinski definition) is 4. The molecule has 0 spiro atoms. The van der Waals surface area contributed by atoms with Crippen LogP contribution in [0.3, 0.4) is 0 Å². The molecule has 2 N–H and O–H groups in total. The third-order valence-corrected chi connectivity index (χ3v) is 7.59. The maximum Gasteiger partial charge on any atom is 0.266 e. The fourth-order valence-electron chi connectivity index (χ4n) is 5.99. The summed E-state index contributed by atoms with van der Waals surface area (Å²) in [5.41, 5.74) is 3.51. The smallest absolute Gasteiger partial charge is 0.266 e. The molecule has 3 fully saturated rings. The number of imide groups is 1. The molecule has 2 aromatic rings. The first kappa shape index (κ1) is 19.9. The number of rotatable bonds is 5. The lowest BCUT2D eigenvalue weighted by molar-refractivity contribution is -0.149. The summed E-state index contributed by atoms with van der Waals surface area (Å²) in [6.07, 6.45) is 5.25. The van der Waals surface area contributed by atoms with Crippen molar-refractivity contribution < 1.29 is 19.2 Å². The maximum atomic E-state index is 13.3. The summed E-state index contributed by atoms with van der Waals surface area (Å²) in [5, 5.41) is 3.65. The van der Waals surface area contributed by atoms with Crippen molar-refractivity contribution in [2.24, 2.45) is 35.5 Å². The topological polar surface area (TPSA) is 95.6 Å². The van der Waals surface area contributed by atoms with Crippen LogP contribution in [0.1, 0.15) is 28.4 Å². The average molecular weight is 441 g/mol. The Morgan fingerprint density at radius 1 is 0.818 bits per heavy atom. The summed E-state index contributed by atoms with van der Waals surface area (Å²) < 4.78 is 0. The lowest BCUT2D eigenvalue weighted by Gasteiger charge is -2.37. The summed E-state index contributed by atoms with van der Waals surface area (Å²) in [6, 6.07) is 16.3. The number of hydrogen-bond donors (Lipinski definition) is 2. The number of benzene rings is 2. The molecule has 1 heterocycles. The van der Waals surface area contributed by atoms with Crippen LogP contribution in [-0.2, 0) is 14.4 Å². The Hall–Kier alpha value is -3.74. The van der Waals surface area contributed by atoms with Gasteiger partial charge in [-0.25, -0.2) is 0 Å². The van der Waals surface area contributed by atoms with Crippen molar-refractivity contribution in [3.05, 3.63) is 83.9 Å². The zero-order valence-electron chi connectivity index (χ0n) is 17.8. The van der Waals surface area contributed by atoms with E-state index in [0.29, 0.717) is 23.0 Å². The Kier molecular flexibility index (Phi) is 4.47. The molecule has 0 radical (unpaired) electrons. The van der Waals surface area contributed by atoms with Crippen LogP contribution in [0.25, 0.3) is 0 Å². The standard InChI is InChI=1S/C26H23N3O4/c30-23(15-9-5-2-6-10-15)27-22(14-7-3-1-4-8-14)24(31)28-29-25(32)20-16-11-12-17(19-13-18(16)19)21(20)26(29)33/h1-12,16-22H,13H2,(H,27,30)(H,28,31)/t16-,17+,18?,19?,20-,21+,22-/m0/s1. The predicted molar refractivity (Wildman–Crippen MR) is 118 cm³/mol. The first-order valence-electron chi connectivity index (χ1n) is 11.3. The van der Waals surface area contributed by atoms with Crippen LogP contribution in [0.2, 0.25) is 0 Å². The molecule has 2 saturated carbocycles. The highest BCUT2D eigenvalue weighted by Crippen LogP contribution is 2.65. The van der Waals surface area contributed by atoms with Gasteiger partial charge in [0, 0.05) is 5.56 Å². The maximum absolute atomic E-state index is 13.3. The Labute approximate surface area is 190 Å². The van der Waals surface area contributed by atoms with E-state index in [4.69, 9.17) is 0 Å². The molecule has 2 aromatic carbocycles. The molecule has 7 atom stereocenters. The van der Waals surface area contributed by atoms with Gasteiger partial charge in [-0.2, -0.15) is 5.01 Å². The third kappa shape index (κ3) is 3.10. The molecule has 1 aliphatic heterocycles. The summed E-state index contributed by atoms with van der Waals surface area (Å²) >= 11 is 0. The lowest BCUT2D eigenvalue weighted by atomic mass is 9.63. The number of allylic oxidation sites excluding steroid dienone is 2. The lowest BCUT2D eigenvalue weighted by Crippen LogP contribution is -2.51. The number of hydrazine groups is 1. The van der Waals surface area contributed by atoms with E-state index in [-0.39, 0.29) is 23.7 Å². The van der Waals surface area contributed by atoms with E-state index in [1.54, 1.807) is 54.6 Å². The average Bonchev–Trinajstić information content (AvgIpc) is 3.64. The molecule has 0 aromatic heterocycles. The minimum absolute atomic E-state index is 0.0751. The zero-order chi connectivity index (χ0) is 22.7. The van der Waals surface area contributed by atoms with Crippen molar-refractivity contribution in [1.29, 1.82) is 0 Å². The second-order valence-electron chi connectivity index (χ2n) is 9.33. The minimum atomic E-state index is -1.06. The van der Waals surface area contributed by atoms with Crippen molar-refractivity contribution in [2.45, 2.75) is 12.5 Å². The van der Waals surface area contributed by atoms with Crippen LogP contribution in [0.5, 0.6) is 0 Å². The van der Waals surface area contributed by atoms with Gasteiger partial charge in [0.15, 0.2) is 0 Å². The van der Waals surface area contributed by atoms with Gasteiger partial charge < -0.3 is 5.32 Å². The zero-order valence-corrected chi connectivity index (χ0v) is 17.8. The van der Waals surface area contributed by atoms with E-state index < -0.39 is 29.7 Å². The van der Waals surface area contributed by atoms with Crippen molar-refractivity contribution >= 4 is 23.6 Å². The van der Waals surface area contributed by atoms with Gasteiger partial charge >= 0.3 is 0 Å². The highest BCUT2D eigenvalue weighted by Gasteiger charge is 2.67. The van der Waals surface area contributed by atoms with Crippen molar-refractivity contribution in [2.75, 3.05) is 0 Å². The monoisotopic (exact) mass is 441 g/mol. The van der Waals surface area contributed by atoms with Gasteiger partial charge in [0.1, 0.15) is 6.04 Å². The molecule has 2 unspecified atom stereocenters. The molecule has 7 heteroatoms. The van der Waals surface area contributed by atoms with Crippen LogP contribution in [0.4, 0.5) is 0 Å². The molecule has 4 amide bonds. The molecule has 166 valence electrons. The van der Waals surface area contributed by atoms with Crippen LogP contribution in [0.15, 0.2) is 72.8 Å². The molecular weight excluding hydrogens is 418 g/mol. The molecule has 7 nitrogen and oxygen atoms in total. The number of carbonyl (C=O) groups is 4. The van der Waals surface area contributed by atoms with E-state index >= 15 is 0 Å². The van der Waals surface area contributed by atoms with E-state index in [1.165, 1.54) is 0 Å². The van der Waals surface area contributed by atoms with Gasteiger partial charge in [0.2, 0.25) is 0 Å². The largest absolute Gasteiger partial charge is 0.336 e.